The third kappa shape index (κ3) is 3.90. The van der Waals surface area contributed by atoms with E-state index in [1.807, 2.05) is 41.4 Å². The Morgan fingerprint density at radius 2 is 1.96 bits per heavy atom. The Morgan fingerprint density at radius 3 is 2.70 bits per heavy atom. The Balaban J connectivity index is 1.35. The lowest BCUT2D eigenvalue weighted by Gasteiger charge is -2.36. The predicted molar refractivity (Wildman–Crippen MR) is 106 cm³/mol. The molecule has 2 aliphatic rings. The van der Waals surface area contributed by atoms with Gasteiger partial charge in [-0.25, -0.2) is 9.78 Å². The van der Waals surface area contributed by atoms with E-state index < -0.39 is 0 Å². The summed E-state index contributed by atoms with van der Waals surface area (Å²) < 4.78 is 5.78. The van der Waals surface area contributed by atoms with Gasteiger partial charge in [-0.15, -0.1) is 0 Å². The second-order valence-corrected chi connectivity index (χ2v) is 7.38. The highest BCUT2D eigenvalue weighted by Crippen LogP contribution is 2.27. The molecule has 3 heterocycles. The Labute approximate surface area is 160 Å². The number of fused-ring (bicyclic) bond motifs is 1. The van der Waals surface area contributed by atoms with Crippen molar-refractivity contribution >= 4 is 17.5 Å². The van der Waals surface area contributed by atoms with Gasteiger partial charge in [-0.05, 0) is 43.5 Å². The van der Waals surface area contributed by atoms with Crippen LogP contribution < -0.4 is 15.1 Å². The third-order valence-corrected chi connectivity index (χ3v) is 5.13. The highest BCUT2D eigenvalue weighted by Gasteiger charge is 2.24. The number of morpholine rings is 1. The van der Waals surface area contributed by atoms with E-state index in [9.17, 15) is 4.79 Å². The molecule has 0 aliphatic carbocycles. The minimum atomic E-state index is -0.0557. The predicted octanol–water partition coefficient (Wildman–Crippen LogP) is 2.97. The number of para-hydroxylation sites is 1. The lowest BCUT2D eigenvalue weighted by Crippen LogP contribution is -2.45. The van der Waals surface area contributed by atoms with Crippen LogP contribution in [0.25, 0.3) is 0 Å². The molecule has 0 saturated carbocycles. The molecule has 0 spiro atoms. The number of hydrogen-bond donors (Lipinski definition) is 1. The lowest BCUT2D eigenvalue weighted by molar-refractivity contribution is -0.00546. The van der Waals surface area contributed by atoms with E-state index in [1.54, 1.807) is 0 Å². The average Bonchev–Trinajstić information content (AvgIpc) is 3.10. The average molecular weight is 366 g/mol. The second-order valence-electron chi connectivity index (χ2n) is 7.38. The summed E-state index contributed by atoms with van der Waals surface area (Å²) in [6.45, 7) is 7.08. The maximum atomic E-state index is 12.5. The maximum absolute atomic E-state index is 12.5. The second kappa shape index (κ2) is 7.56. The van der Waals surface area contributed by atoms with E-state index in [2.05, 4.69) is 35.1 Å². The summed E-state index contributed by atoms with van der Waals surface area (Å²) in [5, 5.41) is 3.01. The molecular formula is C21H26N4O2. The van der Waals surface area contributed by atoms with Crippen LogP contribution in [0.15, 0.2) is 42.6 Å². The van der Waals surface area contributed by atoms with Gasteiger partial charge in [0.05, 0.1) is 12.2 Å². The van der Waals surface area contributed by atoms with Gasteiger partial charge in [0, 0.05) is 38.1 Å². The van der Waals surface area contributed by atoms with Gasteiger partial charge in [-0.1, -0.05) is 24.3 Å². The monoisotopic (exact) mass is 366 g/mol. The van der Waals surface area contributed by atoms with Crippen LogP contribution in [0, 0.1) is 0 Å². The number of benzene rings is 1. The van der Waals surface area contributed by atoms with E-state index in [1.165, 1.54) is 5.56 Å². The molecule has 1 N–H and O–H groups in total. The van der Waals surface area contributed by atoms with Crippen LogP contribution in [0.4, 0.5) is 16.3 Å². The number of hydrogen-bond acceptors (Lipinski definition) is 4. The molecule has 2 aliphatic heterocycles. The number of pyridine rings is 1. The first kappa shape index (κ1) is 17.8. The molecule has 6 heteroatoms. The van der Waals surface area contributed by atoms with E-state index in [-0.39, 0.29) is 18.2 Å². The quantitative estimate of drug-likeness (QED) is 0.907. The SMILES string of the molecule is CC1CN(c2ccc(CNC(=O)N3CCc4ccccc43)cn2)CC(C)O1. The molecule has 4 rings (SSSR count). The molecule has 142 valence electrons. The molecule has 6 nitrogen and oxygen atoms in total. The molecule has 0 bridgehead atoms. The fourth-order valence-electron chi connectivity index (χ4n) is 3.90. The van der Waals surface area contributed by atoms with Crippen molar-refractivity contribution in [2.24, 2.45) is 0 Å². The number of nitrogens with one attached hydrogen (secondary N) is 1. The van der Waals surface area contributed by atoms with Crippen LogP contribution in [0.5, 0.6) is 0 Å². The molecule has 1 aromatic heterocycles. The molecule has 27 heavy (non-hydrogen) atoms. The first-order valence-corrected chi connectivity index (χ1v) is 9.59. The highest BCUT2D eigenvalue weighted by atomic mass is 16.5. The zero-order valence-electron chi connectivity index (χ0n) is 15.9. The largest absolute Gasteiger partial charge is 0.372 e. The Bertz CT molecular complexity index is 798. The molecule has 1 aromatic carbocycles. The van der Waals surface area contributed by atoms with Gasteiger partial charge in [0.25, 0.3) is 0 Å². The number of urea groups is 1. The molecule has 1 saturated heterocycles. The summed E-state index contributed by atoms with van der Waals surface area (Å²) in [5.74, 6) is 0.959. The minimum Gasteiger partial charge on any atom is -0.372 e. The first-order chi connectivity index (χ1) is 13.1. The Morgan fingerprint density at radius 1 is 1.19 bits per heavy atom. The van der Waals surface area contributed by atoms with Crippen molar-refractivity contribution in [1.29, 1.82) is 0 Å². The fourth-order valence-corrected chi connectivity index (χ4v) is 3.90. The van der Waals surface area contributed by atoms with Crippen LogP contribution >= 0.6 is 0 Å². The standard InChI is InChI=1S/C21H26N4O2/c1-15-13-24(14-16(2)27-15)20-8-7-17(11-22-20)12-23-21(26)25-10-9-18-5-3-4-6-19(18)25/h3-8,11,15-16H,9-10,12-14H2,1-2H3,(H,23,26). The molecular weight excluding hydrogens is 340 g/mol. The van der Waals surface area contributed by atoms with Crippen molar-refractivity contribution in [1.82, 2.24) is 10.3 Å². The smallest absolute Gasteiger partial charge is 0.322 e. The number of amides is 2. The summed E-state index contributed by atoms with van der Waals surface area (Å²) in [4.78, 5) is 21.2. The summed E-state index contributed by atoms with van der Waals surface area (Å²) in [6, 6.07) is 12.1. The minimum absolute atomic E-state index is 0.0557. The topological polar surface area (TPSA) is 57.7 Å². The van der Waals surface area contributed by atoms with Gasteiger partial charge >= 0.3 is 6.03 Å². The molecule has 2 amide bonds. The van der Waals surface area contributed by atoms with E-state index in [0.29, 0.717) is 6.54 Å². The first-order valence-electron chi connectivity index (χ1n) is 9.59. The van der Waals surface area contributed by atoms with Crippen molar-refractivity contribution in [3.05, 3.63) is 53.7 Å². The zero-order chi connectivity index (χ0) is 18.8. The van der Waals surface area contributed by atoms with Crippen molar-refractivity contribution in [3.63, 3.8) is 0 Å². The van der Waals surface area contributed by atoms with Crippen LogP contribution in [0.1, 0.15) is 25.0 Å². The number of aromatic nitrogens is 1. The molecule has 0 radical (unpaired) electrons. The lowest BCUT2D eigenvalue weighted by atomic mass is 10.2. The van der Waals surface area contributed by atoms with Crippen LogP contribution in [-0.4, -0.2) is 42.9 Å². The number of anilines is 2. The molecule has 2 atom stereocenters. The van der Waals surface area contributed by atoms with Gasteiger partial charge < -0.3 is 15.0 Å². The number of rotatable bonds is 3. The summed E-state index contributed by atoms with van der Waals surface area (Å²) >= 11 is 0. The zero-order valence-corrected chi connectivity index (χ0v) is 15.9. The summed E-state index contributed by atoms with van der Waals surface area (Å²) in [7, 11) is 0. The number of carbonyl (C=O) groups excluding carboxylic acids is 1. The Kier molecular flexibility index (Phi) is 4.99. The van der Waals surface area contributed by atoms with Crippen molar-refractivity contribution < 1.29 is 9.53 Å². The van der Waals surface area contributed by atoms with Crippen molar-refractivity contribution in [3.8, 4) is 0 Å². The molecule has 1 fully saturated rings. The molecule has 2 aromatic rings. The van der Waals surface area contributed by atoms with Crippen LogP contribution in [0.2, 0.25) is 0 Å². The van der Waals surface area contributed by atoms with E-state index >= 15 is 0 Å². The highest BCUT2D eigenvalue weighted by molar-refractivity contribution is 5.94. The Hall–Kier alpha value is -2.60. The number of nitrogens with zero attached hydrogens (tertiary/aromatic N) is 3. The summed E-state index contributed by atoms with van der Waals surface area (Å²) in [6.07, 6.45) is 3.17. The third-order valence-electron chi connectivity index (χ3n) is 5.13. The van der Waals surface area contributed by atoms with E-state index in [4.69, 9.17) is 4.74 Å². The van der Waals surface area contributed by atoms with Gasteiger partial charge in [-0.2, -0.15) is 0 Å². The van der Waals surface area contributed by atoms with Crippen molar-refractivity contribution in [2.45, 2.75) is 39.0 Å². The van der Waals surface area contributed by atoms with Gasteiger partial charge in [-0.3, -0.25) is 4.90 Å². The fraction of sp³-hybridized carbons (Fsp3) is 0.429. The number of carbonyl (C=O) groups is 1. The summed E-state index contributed by atoms with van der Waals surface area (Å²) in [5.41, 5.74) is 3.24. The van der Waals surface area contributed by atoms with E-state index in [0.717, 1.165) is 43.1 Å². The molecule has 2 unspecified atom stereocenters. The van der Waals surface area contributed by atoms with Gasteiger partial charge in [0.1, 0.15) is 5.82 Å². The van der Waals surface area contributed by atoms with Gasteiger partial charge in [0.15, 0.2) is 0 Å². The van der Waals surface area contributed by atoms with Crippen molar-refractivity contribution in [2.75, 3.05) is 29.4 Å². The van der Waals surface area contributed by atoms with Crippen LogP contribution in [-0.2, 0) is 17.7 Å². The van der Waals surface area contributed by atoms with Crippen LogP contribution in [0.3, 0.4) is 0 Å². The number of ether oxygens (including phenoxy) is 1. The maximum Gasteiger partial charge on any atom is 0.322 e. The normalized spacial score (nSPS) is 21.9. The van der Waals surface area contributed by atoms with Gasteiger partial charge in [0.2, 0.25) is 0 Å².